The summed E-state index contributed by atoms with van der Waals surface area (Å²) in [7, 11) is 0. The number of carbonyl (C=O) groups excluding carboxylic acids is 1. The Bertz CT molecular complexity index is 1140. The van der Waals surface area contributed by atoms with Crippen molar-refractivity contribution in [3.05, 3.63) is 78.6 Å². The largest absolute Gasteiger partial charge is 0.508 e. The van der Waals surface area contributed by atoms with Crippen LogP contribution in [0.3, 0.4) is 0 Å². The summed E-state index contributed by atoms with van der Waals surface area (Å²) in [4.78, 5) is 15.9. The maximum absolute atomic E-state index is 11.5. The van der Waals surface area contributed by atoms with Crippen molar-refractivity contribution in [2.75, 3.05) is 0 Å². The van der Waals surface area contributed by atoms with E-state index in [4.69, 9.17) is 4.52 Å². The number of aromatic hydroxyl groups is 1. The summed E-state index contributed by atoms with van der Waals surface area (Å²) >= 11 is 0. The normalized spacial score (nSPS) is 14.7. The Morgan fingerprint density at radius 1 is 1.04 bits per heavy atom. The van der Waals surface area contributed by atoms with E-state index in [1.807, 2.05) is 42.5 Å². The number of hydrogen-bond acceptors (Lipinski definition) is 5. The minimum Gasteiger partial charge on any atom is -0.508 e. The van der Waals surface area contributed by atoms with Crippen LogP contribution in [0.4, 0.5) is 0 Å². The Morgan fingerprint density at radius 2 is 1.79 bits per heavy atom. The van der Waals surface area contributed by atoms with E-state index in [1.165, 1.54) is 4.57 Å². The molecule has 0 spiro atoms. The number of rotatable bonds is 5. The summed E-state index contributed by atoms with van der Waals surface area (Å²) in [6, 6.07) is 16.8. The zero-order valence-corrected chi connectivity index (χ0v) is 14.9. The van der Waals surface area contributed by atoms with Gasteiger partial charge < -0.3 is 9.63 Å². The molecule has 6 heteroatoms. The van der Waals surface area contributed by atoms with E-state index in [2.05, 4.69) is 10.1 Å². The number of imidazole rings is 1. The molecular weight excluding hydrogens is 354 g/mol. The van der Waals surface area contributed by atoms with Crippen LogP contribution in [0.15, 0.2) is 71.5 Å². The van der Waals surface area contributed by atoms with Gasteiger partial charge in [-0.15, -0.1) is 0 Å². The molecule has 4 aromatic rings. The van der Waals surface area contributed by atoms with Crippen LogP contribution in [0.25, 0.3) is 22.4 Å². The first-order chi connectivity index (χ1) is 13.7. The molecule has 1 fully saturated rings. The number of phenolic OH excluding ortho intramolecular Hbond substituents is 1. The van der Waals surface area contributed by atoms with Crippen molar-refractivity contribution in [2.45, 2.75) is 18.3 Å². The maximum atomic E-state index is 11.5. The molecule has 5 rings (SSSR count). The van der Waals surface area contributed by atoms with Crippen LogP contribution in [0.5, 0.6) is 5.75 Å². The van der Waals surface area contributed by atoms with Crippen molar-refractivity contribution in [1.29, 1.82) is 0 Å². The van der Waals surface area contributed by atoms with Gasteiger partial charge in [0.25, 0.3) is 0 Å². The average molecular weight is 371 g/mol. The maximum Gasteiger partial charge on any atom is 0.219 e. The highest BCUT2D eigenvalue weighted by molar-refractivity contribution is 5.83. The third-order valence-electron chi connectivity index (χ3n) is 5.29. The first-order valence-electron chi connectivity index (χ1n) is 9.06. The highest BCUT2D eigenvalue weighted by Crippen LogP contribution is 2.56. The summed E-state index contributed by atoms with van der Waals surface area (Å²) in [5, 5.41) is 14.0. The SMILES string of the molecule is O=Cn1ccnc1C1(c2onc(-c3ccc(O)cc3)c2-c2ccccc2)CC1. The number of nitrogens with zero attached hydrogens (tertiary/aromatic N) is 3. The van der Waals surface area contributed by atoms with E-state index in [9.17, 15) is 9.90 Å². The van der Waals surface area contributed by atoms with Crippen molar-refractivity contribution >= 4 is 6.41 Å². The summed E-state index contributed by atoms with van der Waals surface area (Å²) in [5.74, 6) is 1.59. The van der Waals surface area contributed by atoms with E-state index in [1.54, 1.807) is 24.5 Å². The number of benzene rings is 2. The van der Waals surface area contributed by atoms with Gasteiger partial charge in [0.15, 0.2) is 5.76 Å². The van der Waals surface area contributed by atoms with E-state index in [0.29, 0.717) is 11.5 Å². The topological polar surface area (TPSA) is 81.2 Å². The summed E-state index contributed by atoms with van der Waals surface area (Å²) in [6.45, 7) is 0. The first kappa shape index (κ1) is 16.5. The number of carbonyl (C=O) groups is 1. The second kappa shape index (κ2) is 6.20. The Kier molecular flexibility index (Phi) is 3.65. The van der Waals surface area contributed by atoms with Gasteiger partial charge in [0, 0.05) is 18.0 Å². The average Bonchev–Trinajstić information content (AvgIpc) is 3.18. The predicted octanol–water partition coefficient (Wildman–Crippen LogP) is 4.03. The smallest absolute Gasteiger partial charge is 0.219 e. The van der Waals surface area contributed by atoms with Crippen molar-refractivity contribution in [2.24, 2.45) is 0 Å². The molecular formula is C22H17N3O3. The van der Waals surface area contributed by atoms with Gasteiger partial charge >= 0.3 is 0 Å². The molecule has 0 amide bonds. The second-order valence-corrected chi connectivity index (χ2v) is 6.99. The van der Waals surface area contributed by atoms with E-state index in [-0.39, 0.29) is 5.75 Å². The summed E-state index contributed by atoms with van der Waals surface area (Å²) in [5.41, 5.74) is 2.97. The third-order valence-corrected chi connectivity index (χ3v) is 5.29. The molecule has 0 atom stereocenters. The molecule has 0 saturated heterocycles. The Hall–Kier alpha value is -3.67. The van der Waals surface area contributed by atoms with Crippen LogP contribution >= 0.6 is 0 Å². The van der Waals surface area contributed by atoms with Crippen LogP contribution in [0.2, 0.25) is 0 Å². The molecule has 1 aliphatic rings. The summed E-state index contributed by atoms with van der Waals surface area (Å²) in [6.07, 6.45) is 5.72. The molecule has 0 unspecified atom stereocenters. The molecule has 2 heterocycles. The van der Waals surface area contributed by atoms with Crippen molar-refractivity contribution in [3.8, 4) is 28.1 Å². The van der Waals surface area contributed by atoms with Gasteiger partial charge in [-0.3, -0.25) is 9.36 Å². The molecule has 1 N–H and O–H groups in total. The Labute approximate surface area is 161 Å². The quantitative estimate of drug-likeness (QED) is 0.536. The molecule has 0 radical (unpaired) electrons. The van der Waals surface area contributed by atoms with Gasteiger partial charge in [-0.1, -0.05) is 35.5 Å². The fourth-order valence-electron chi connectivity index (χ4n) is 3.75. The lowest BCUT2D eigenvalue weighted by atomic mass is 9.91. The third kappa shape index (κ3) is 2.45. The first-order valence-corrected chi connectivity index (χ1v) is 9.06. The molecule has 1 aliphatic carbocycles. The van der Waals surface area contributed by atoms with Crippen molar-refractivity contribution < 1.29 is 14.4 Å². The molecule has 1 saturated carbocycles. The highest BCUT2D eigenvalue weighted by Gasteiger charge is 2.54. The number of hydrogen-bond donors (Lipinski definition) is 1. The Balaban J connectivity index is 1.74. The van der Waals surface area contributed by atoms with Crippen molar-refractivity contribution in [3.63, 3.8) is 0 Å². The predicted molar refractivity (Wildman–Crippen MR) is 103 cm³/mol. The lowest BCUT2D eigenvalue weighted by molar-refractivity contribution is 0.364. The van der Waals surface area contributed by atoms with Gasteiger partial charge in [0.1, 0.15) is 17.3 Å². The summed E-state index contributed by atoms with van der Waals surface area (Å²) < 4.78 is 7.41. The van der Waals surface area contributed by atoms with E-state index in [0.717, 1.165) is 41.7 Å². The molecule has 138 valence electrons. The van der Waals surface area contributed by atoms with Gasteiger partial charge in [0.05, 0.1) is 11.0 Å². The van der Waals surface area contributed by atoms with Crippen LogP contribution in [0.1, 0.15) is 24.4 Å². The van der Waals surface area contributed by atoms with Crippen LogP contribution in [0, 0.1) is 0 Å². The standard InChI is InChI=1S/C22H17N3O3/c26-14-25-13-12-23-21(25)22(10-11-22)20-18(15-4-2-1-3-5-15)19(24-28-20)16-6-8-17(27)9-7-16/h1-9,12-14,27H,10-11H2. The van der Waals surface area contributed by atoms with Crippen LogP contribution < -0.4 is 0 Å². The van der Waals surface area contributed by atoms with Crippen molar-refractivity contribution in [1.82, 2.24) is 14.7 Å². The van der Waals surface area contributed by atoms with E-state index >= 15 is 0 Å². The molecule has 2 aromatic heterocycles. The lowest BCUT2D eigenvalue weighted by Crippen LogP contribution is -2.16. The van der Waals surface area contributed by atoms with Crippen LogP contribution in [-0.4, -0.2) is 26.2 Å². The molecule has 2 aromatic carbocycles. The minimum atomic E-state index is -0.461. The molecule has 28 heavy (non-hydrogen) atoms. The highest BCUT2D eigenvalue weighted by atomic mass is 16.5. The fourth-order valence-corrected chi connectivity index (χ4v) is 3.75. The lowest BCUT2D eigenvalue weighted by Gasteiger charge is -2.14. The van der Waals surface area contributed by atoms with E-state index < -0.39 is 5.41 Å². The van der Waals surface area contributed by atoms with Gasteiger partial charge in [-0.05, 0) is 42.7 Å². The fraction of sp³-hybridized carbons (Fsp3) is 0.136. The molecule has 0 aliphatic heterocycles. The zero-order chi connectivity index (χ0) is 19.1. The minimum absolute atomic E-state index is 0.195. The zero-order valence-electron chi connectivity index (χ0n) is 14.9. The van der Waals surface area contributed by atoms with Gasteiger partial charge in [0.2, 0.25) is 6.41 Å². The number of phenols is 1. The van der Waals surface area contributed by atoms with Crippen LogP contribution in [-0.2, 0) is 10.2 Å². The Morgan fingerprint density at radius 3 is 2.46 bits per heavy atom. The molecule has 0 bridgehead atoms. The van der Waals surface area contributed by atoms with Gasteiger partial charge in [-0.2, -0.15) is 0 Å². The second-order valence-electron chi connectivity index (χ2n) is 6.99. The number of aromatic nitrogens is 3. The monoisotopic (exact) mass is 371 g/mol. The molecule has 6 nitrogen and oxygen atoms in total. The van der Waals surface area contributed by atoms with Gasteiger partial charge in [-0.25, -0.2) is 4.98 Å².